The summed E-state index contributed by atoms with van der Waals surface area (Å²) in [6, 6.07) is 15.5. The van der Waals surface area contributed by atoms with Crippen LogP contribution in [0.15, 0.2) is 153 Å². The third kappa shape index (κ3) is 30.7. The van der Waals surface area contributed by atoms with Gasteiger partial charge in [0.05, 0.1) is 21.3 Å². The number of aryl methyl sites for hydroxylation is 1. The number of carboxylic acids is 3. The fourth-order valence-corrected chi connectivity index (χ4v) is 15.7. The number of urea groups is 1. The van der Waals surface area contributed by atoms with E-state index in [1.807, 2.05) is 46.0 Å². The molecule has 6 rings (SSSR count). The van der Waals surface area contributed by atoms with Crippen LogP contribution in [0.3, 0.4) is 0 Å². The van der Waals surface area contributed by atoms with Gasteiger partial charge in [-0.05, 0) is 166 Å². The summed E-state index contributed by atoms with van der Waals surface area (Å²) in [5, 5.41) is 41.1. The summed E-state index contributed by atoms with van der Waals surface area (Å²) >= 11 is 0. The van der Waals surface area contributed by atoms with E-state index in [-0.39, 0.29) is 93.1 Å². The van der Waals surface area contributed by atoms with Gasteiger partial charge in [-0.15, -0.1) is 0 Å². The van der Waals surface area contributed by atoms with E-state index >= 15 is 0 Å². The van der Waals surface area contributed by atoms with Crippen LogP contribution in [0.4, 0.5) is 10.5 Å². The van der Waals surface area contributed by atoms with Crippen molar-refractivity contribution in [3.8, 4) is 5.75 Å². The van der Waals surface area contributed by atoms with Gasteiger partial charge in [0.1, 0.15) is 41.4 Å². The van der Waals surface area contributed by atoms with Crippen molar-refractivity contribution in [2.24, 2.45) is 4.99 Å². The first kappa shape index (κ1) is 94.5. The first-order chi connectivity index (χ1) is 53.5. The molecule has 4 atom stereocenters. The van der Waals surface area contributed by atoms with Gasteiger partial charge < -0.3 is 61.3 Å². The summed E-state index contributed by atoms with van der Waals surface area (Å²) < 4.78 is 174. The lowest BCUT2D eigenvalue weighted by Gasteiger charge is -2.29. The highest BCUT2D eigenvalue weighted by Gasteiger charge is 2.41. The second-order valence-corrected chi connectivity index (χ2v) is 36.6. The molecule has 5 amide bonds. The maximum Gasteiger partial charge on any atom is 0.327 e. The molecule has 0 radical (unpaired) electrons. The van der Waals surface area contributed by atoms with Crippen LogP contribution in [-0.4, -0.2) is 239 Å². The highest BCUT2D eigenvalue weighted by atomic mass is 32.2. The fourth-order valence-electron chi connectivity index (χ4n) is 12.9. The Labute approximate surface area is 669 Å². The zero-order chi connectivity index (χ0) is 85.6. The first-order valence-corrected chi connectivity index (χ1v) is 44.2. The number of carbonyl (C=O) groups is 7. The molecule has 35 nitrogen and oxygen atoms in total. The lowest BCUT2D eigenvalue weighted by Crippen LogP contribution is -2.53. The van der Waals surface area contributed by atoms with E-state index in [2.05, 4.69) is 16.0 Å². The smallest absolute Gasteiger partial charge is 0.327 e. The standard InChI is InChI=1S/C75H101N9O26S5/c1-49-20-27-55(114(104,105)106)46-57(49)74(2,3)64(76-35-11-13-42-111(95,96)97)31-23-52-18-15-19-53(24-32-65-75(4,5)58-47-56(115(107,108)109)28-30-63(58)84(65)37-12-14-43-112(98,99)100)68(52)110-54-25-21-51(22-26-54)45-61(71(90)91)79-69(87)60(44-50-16-9-8-10-17-50)78-67(86)34-38-82(6)40-41-83(7)39-36-77-66(85)33-29-59(70(88)89)80-73(94)81-62(72(92)93)48-113(101,102)103/h8-10,16-17,20-28,30-32,46-47,59-62H,11-15,18-19,29,33-45,48H2,1-7H3,(H,77,85)(H,78,86)(H,79,87)(H,88,89)(H,90,91)(H,92,93)(H2,80,81,94)(H,95,96,97)(H,98,99,100)(H,101,102,103)(H,104,105,106)(H,107,108,109)/b31-23+,53-24+,65-32+,76-64+/t59-,60-,61-,62-/m0/s1. The second kappa shape index (κ2) is 41.5. The molecule has 0 fully saturated rings. The van der Waals surface area contributed by atoms with E-state index in [4.69, 9.17) is 14.3 Å². The average molecular weight is 1710 g/mol. The summed E-state index contributed by atoms with van der Waals surface area (Å²) in [7, 11) is -19.3. The molecular formula is C75H101N9O26S5. The number of carboxylic acid groups (broad SMARTS) is 3. The fraction of sp³-hybridized carbons (Fsp3) is 0.467. The molecule has 0 bridgehead atoms. The molecule has 0 saturated carbocycles. The third-order valence-corrected chi connectivity index (χ3v) is 23.3. The Morgan fingerprint density at radius 2 is 1.19 bits per heavy atom. The van der Waals surface area contributed by atoms with Crippen LogP contribution >= 0.6 is 0 Å². The van der Waals surface area contributed by atoms with Crippen molar-refractivity contribution in [2.45, 2.75) is 156 Å². The van der Waals surface area contributed by atoms with Gasteiger partial charge in [0, 0.05) is 99.4 Å². The Balaban J connectivity index is 1.22. The molecule has 1 aliphatic heterocycles. The Morgan fingerprint density at radius 1 is 0.617 bits per heavy atom. The number of unbranched alkanes of at least 4 members (excludes halogenated alkanes) is 2. The van der Waals surface area contributed by atoms with Crippen molar-refractivity contribution in [1.82, 2.24) is 36.4 Å². The zero-order valence-electron chi connectivity index (χ0n) is 64.6. The van der Waals surface area contributed by atoms with Crippen molar-refractivity contribution in [2.75, 3.05) is 82.1 Å². The zero-order valence-corrected chi connectivity index (χ0v) is 68.7. The van der Waals surface area contributed by atoms with Crippen molar-refractivity contribution < 1.29 is 118 Å². The van der Waals surface area contributed by atoms with Crippen LogP contribution < -0.4 is 36.2 Å². The van der Waals surface area contributed by atoms with Crippen molar-refractivity contribution in [3.63, 3.8) is 0 Å². The van der Waals surface area contributed by atoms with E-state index in [0.717, 1.165) is 0 Å². The number of allylic oxidation sites excluding steroid dienone is 7. The topological polar surface area (TPSA) is 543 Å². The number of ether oxygens (including phenoxy) is 1. The maximum atomic E-state index is 14.3. The number of fused-ring (bicyclic) bond motifs is 1. The molecule has 0 aromatic heterocycles. The Hall–Kier alpha value is -9.33. The second-order valence-electron chi connectivity index (χ2n) is 29.1. The summed E-state index contributed by atoms with van der Waals surface area (Å²) in [5.41, 5.74) is 3.52. The molecule has 632 valence electrons. The summed E-state index contributed by atoms with van der Waals surface area (Å²) in [6.45, 7) is 10.8. The van der Waals surface area contributed by atoms with Gasteiger partial charge in [0.25, 0.3) is 50.6 Å². The van der Waals surface area contributed by atoms with Gasteiger partial charge in [-0.3, -0.25) is 42.1 Å². The SMILES string of the molecule is Cc1ccc(S(=O)(=O)O)cc1C(C)(C)C(/C=C/C1=C(Oc2ccc(C[C@H](NC(=O)[C@H](Cc3ccccc3)NC(=O)CCN(C)CCN(C)CCNC(=O)CC[C@H](NC(=O)N[C@@H](CS(=O)(=O)O)C(=O)O)C(=O)O)C(=O)O)cc2)C(=C/C=C2/N(CCCCS(=O)(=O)O)c3ccc(S(=O)(=O)O)cc3C2(C)C)/CCC1)=N/CCCCS(=O)(=O)O. The number of nitrogens with zero attached hydrogens (tertiary/aromatic N) is 4. The van der Waals surface area contributed by atoms with Gasteiger partial charge in [-0.1, -0.05) is 88.4 Å². The van der Waals surface area contributed by atoms with Crippen molar-refractivity contribution >= 4 is 104 Å². The Bertz CT molecular complexity index is 4960. The highest BCUT2D eigenvalue weighted by molar-refractivity contribution is 7.86. The minimum atomic E-state index is -4.84. The van der Waals surface area contributed by atoms with Gasteiger partial charge >= 0.3 is 23.9 Å². The minimum absolute atomic E-state index is 0.0168. The normalized spacial score (nSPS) is 16.1. The first-order valence-electron chi connectivity index (χ1n) is 36.5. The van der Waals surface area contributed by atoms with Crippen molar-refractivity contribution in [3.05, 3.63) is 166 Å². The predicted molar refractivity (Wildman–Crippen MR) is 426 cm³/mol. The number of nitrogens with one attached hydrogen (secondary N) is 5. The summed E-state index contributed by atoms with van der Waals surface area (Å²) in [6.07, 6.45) is 7.96. The molecular weight excluding hydrogens is 1600 g/mol. The predicted octanol–water partition coefficient (Wildman–Crippen LogP) is 5.31. The molecule has 0 saturated heterocycles. The largest absolute Gasteiger partial charge is 0.480 e. The number of anilines is 1. The molecule has 1 aliphatic carbocycles. The number of aliphatic imine (C=N–C) groups is 1. The number of likely N-dealkylation sites (N-methyl/N-ethyl adjacent to an activating group) is 2. The average Bonchev–Trinajstić information content (AvgIpc) is 1.60. The number of benzene rings is 4. The molecule has 115 heavy (non-hydrogen) atoms. The molecule has 40 heteroatoms. The van der Waals surface area contributed by atoms with E-state index in [1.165, 1.54) is 24.3 Å². The van der Waals surface area contributed by atoms with Crippen molar-refractivity contribution in [1.29, 1.82) is 0 Å². The monoisotopic (exact) mass is 1700 g/mol. The van der Waals surface area contributed by atoms with Crippen LogP contribution in [0, 0.1) is 6.92 Å². The molecule has 4 aromatic carbocycles. The number of rotatable bonds is 45. The number of hydrogen-bond acceptors (Lipinski definition) is 22. The Morgan fingerprint density at radius 3 is 1.79 bits per heavy atom. The van der Waals surface area contributed by atoms with Gasteiger partial charge in [0.2, 0.25) is 17.7 Å². The van der Waals surface area contributed by atoms with Crippen LogP contribution in [-0.2, 0) is 103 Å². The molecule has 4 aromatic rings. The summed E-state index contributed by atoms with van der Waals surface area (Å²) in [4.78, 5) is 98.9. The third-order valence-electron chi connectivity index (χ3n) is 19.2. The molecule has 0 unspecified atom stereocenters. The highest BCUT2D eigenvalue weighted by Crippen LogP contribution is 2.49. The number of carbonyl (C=O) groups excluding carboxylic acids is 4. The van der Waals surface area contributed by atoms with Crippen LogP contribution in [0.1, 0.15) is 120 Å². The maximum absolute atomic E-state index is 14.3. The molecule has 2 aliphatic rings. The lowest BCUT2D eigenvalue weighted by molar-refractivity contribution is -0.142. The van der Waals surface area contributed by atoms with Crippen LogP contribution in [0.5, 0.6) is 5.75 Å². The van der Waals surface area contributed by atoms with E-state index in [9.17, 15) is 109 Å². The Kier molecular flexibility index (Phi) is 34.1. The number of amides is 5. The van der Waals surface area contributed by atoms with Gasteiger partial charge in [-0.2, -0.15) is 42.1 Å². The quantitative estimate of drug-likeness (QED) is 0.0151. The van der Waals surface area contributed by atoms with Crippen LogP contribution in [0.25, 0.3) is 0 Å². The number of aliphatic carboxylic acids is 3. The van der Waals surface area contributed by atoms with Crippen LogP contribution in [0.2, 0.25) is 0 Å². The van der Waals surface area contributed by atoms with E-state index in [1.54, 1.807) is 119 Å². The van der Waals surface area contributed by atoms with Gasteiger partial charge in [0.15, 0.2) is 0 Å². The molecule has 1 heterocycles. The van der Waals surface area contributed by atoms with E-state index in [0.29, 0.717) is 101 Å². The summed E-state index contributed by atoms with van der Waals surface area (Å²) in [5.74, 6) is -8.50. The lowest BCUT2D eigenvalue weighted by atomic mass is 9.77. The molecule has 13 N–H and O–H groups in total. The minimum Gasteiger partial charge on any atom is -0.480 e. The number of hydrogen-bond donors (Lipinski definition) is 13. The van der Waals surface area contributed by atoms with Gasteiger partial charge in [-0.25, -0.2) is 19.2 Å². The molecule has 0 spiro atoms. The van der Waals surface area contributed by atoms with E-state index < -0.39 is 151 Å².